The van der Waals surface area contributed by atoms with Gasteiger partial charge in [0.1, 0.15) is 6.10 Å². The summed E-state index contributed by atoms with van der Waals surface area (Å²) in [4.78, 5) is 9.46. The van der Waals surface area contributed by atoms with Crippen molar-refractivity contribution in [1.29, 1.82) is 0 Å². The van der Waals surface area contributed by atoms with E-state index in [0.29, 0.717) is 12.8 Å². The van der Waals surface area contributed by atoms with Crippen LogP contribution in [-0.2, 0) is 20.2 Å². The molecule has 1 aromatic carbocycles. The Hall–Kier alpha value is -0.750. The number of benzene rings is 1. The summed E-state index contributed by atoms with van der Waals surface area (Å²) >= 11 is 0. The summed E-state index contributed by atoms with van der Waals surface area (Å²) in [7, 11) is -2.47. The largest absolute Gasteiger partial charge is 0.403 e. The number of rotatable bonds is 6. The van der Waals surface area contributed by atoms with Crippen molar-refractivity contribution in [1.82, 2.24) is 5.09 Å². The molecular weight excluding hydrogens is 281 g/mol. The van der Waals surface area contributed by atoms with Crippen molar-refractivity contribution in [2.24, 2.45) is 0 Å². The minimum atomic E-state index is -3.82. The topological polar surface area (TPSA) is 88.0 Å². The van der Waals surface area contributed by atoms with E-state index in [1.807, 2.05) is 30.3 Å². The number of nitrogens with one attached hydrogen (secondary N) is 1. The van der Waals surface area contributed by atoms with Crippen LogP contribution in [0, 0.1) is 0 Å². The Kier molecular flexibility index (Phi) is 5.32. The third-order valence-corrected chi connectivity index (χ3v) is 4.45. The molecule has 0 aliphatic carbocycles. The number of ether oxygens (including phenoxy) is 1. The predicted octanol–water partition coefficient (Wildman–Crippen LogP) is 1.08. The van der Waals surface area contributed by atoms with Crippen LogP contribution in [0.5, 0.6) is 0 Å². The zero-order valence-electron chi connectivity index (χ0n) is 11.3. The summed E-state index contributed by atoms with van der Waals surface area (Å²) in [6.07, 6.45) is -0.121. The van der Waals surface area contributed by atoms with Crippen LogP contribution in [0.25, 0.3) is 0 Å². The van der Waals surface area contributed by atoms with E-state index in [4.69, 9.17) is 9.26 Å². The minimum absolute atomic E-state index is 0.128. The van der Waals surface area contributed by atoms with E-state index >= 15 is 0 Å². The molecule has 0 bridgehead atoms. The van der Waals surface area contributed by atoms with Gasteiger partial charge in [0.05, 0.1) is 18.8 Å². The van der Waals surface area contributed by atoms with Crippen LogP contribution in [0.2, 0.25) is 0 Å². The highest BCUT2D eigenvalue weighted by molar-refractivity contribution is 7.50. The van der Waals surface area contributed by atoms with Crippen molar-refractivity contribution in [2.75, 3.05) is 13.7 Å². The van der Waals surface area contributed by atoms with Crippen molar-refractivity contribution in [3.63, 3.8) is 0 Å². The van der Waals surface area contributed by atoms with Gasteiger partial charge in [0, 0.05) is 6.42 Å². The molecule has 0 saturated carbocycles. The van der Waals surface area contributed by atoms with Gasteiger partial charge in [-0.2, -0.15) is 0 Å². The lowest BCUT2D eigenvalue weighted by Crippen LogP contribution is -2.28. The van der Waals surface area contributed by atoms with E-state index in [1.54, 1.807) is 0 Å². The van der Waals surface area contributed by atoms with Crippen molar-refractivity contribution < 1.29 is 23.8 Å². The highest BCUT2D eigenvalue weighted by atomic mass is 31.2. The maximum absolute atomic E-state index is 11.6. The SMILES string of the molecule is CNP(=O)(O)O[C@H]1C[C@H](Cc2ccccc2)O[C@@H]1CO. The molecule has 1 saturated heterocycles. The van der Waals surface area contributed by atoms with Crippen LogP contribution in [-0.4, -0.2) is 42.0 Å². The fraction of sp³-hybridized carbons (Fsp3) is 0.538. The van der Waals surface area contributed by atoms with Crippen LogP contribution in [0.3, 0.4) is 0 Å². The van der Waals surface area contributed by atoms with E-state index < -0.39 is 20.0 Å². The molecule has 4 atom stereocenters. The van der Waals surface area contributed by atoms with Crippen LogP contribution < -0.4 is 5.09 Å². The van der Waals surface area contributed by atoms with E-state index in [2.05, 4.69) is 5.09 Å². The van der Waals surface area contributed by atoms with Crippen LogP contribution >= 0.6 is 7.75 Å². The number of aliphatic hydroxyl groups excluding tert-OH is 1. The van der Waals surface area contributed by atoms with E-state index in [9.17, 15) is 14.6 Å². The molecule has 1 unspecified atom stereocenters. The zero-order valence-corrected chi connectivity index (χ0v) is 12.2. The Bertz CT molecular complexity index is 469. The summed E-state index contributed by atoms with van der Waals surface area (Å²) in [6, 6.07) is 9.83. The second-order valence-electron chi connectivity index (χ2n) is 4.79. The molecule has 0 spiro atoms. The first-order chi connectivity index (χ1) is 9.54. The van der Waals surface area contributed by atoms with Crippen molar-refractivity contribution in [3.05, 3.63) is 35.9 Å². The first-order valence-electron chi connectivity index (χ1n) is 6.54. The first-order valence-corrected chi connectivity index (χ1v) is 8.12. The third-order valence-electron chi connectivity index (χ3n) is 3.32. The second kappa shape index (κ2) is 6.80. The molecule has 2 rings (SSSR count). The monoisotopic (exact) mass is 301 g/mol. The highest BCUT2D eigenvalue weighted by Gasteiger charge is 2.39. The van der Waals surface area contributed by atoms with Gasteiger partial charge in [-0.05, 0) is 19.0 Å². The minimum Gasteiger partial charge on any atom is -0.394 e. The molecular formula is C13H20NO5P. The Labute approximate surface area is 118 Å². The van der Waals surface area contributed by atoms with Crippen LogP contribution in [0.15, 0.2) is 30.3 Å². The maximum atomic E-state index is 11.6. The Morgan fingerprint density at radius 3 is 2.75 bits per heavy atom. The molecule has 20 heavy (non-hydrogen) atoms. The molecule has 3 N–H and O–H groups in total. The van der Waals surface area contributed by atoms with Gasteiger partial charge in [-0.1, -0.05) is 30.3 Å². The van der Waals surface area contributed by atoms with E-state index in [1.165, 1.54) is 7.05 Å². The van der Waals surface area contributed by atoms with Crippen molar-refractivity contribution >= 4 is 7.75 Å². The molecule has 112 valence electrons. The number of hydrogen-bond donors (Lipinski definition) is 3. The standard InChI is InChI=1S/C13H20NO5P/c1-14-20(16,17)19-12-8-11(18-13(12)9-15)7-10-5-3-2-4-6-10/h2-6,11-13,15H,7-9H2,1H3,(H2,14,16,17)/t11-,12-,13+/m0/s1. The average molecular weight is 301 g/mol. The summed E-state index contributed by atoms with van der Waals surface area (Å²) < 4.78 is 22.4. The van der Waals surface area contributed by atoms with Crippen molar-refractivity contribution in [3.8, 4) is 0 Å². The van der Waals surface area contributed by atoms with E-state index in [-0.39, 0.29) is 12.7 Å². The van der Waals surface area contributed by atoms with Crippen LogP contribution in [0.4, 0.5) is 0 Å². The third kappa shape index (κ3) is 4.12. The quantitative estimate of drug-likeness (QED) is 0.682. The summed E-state index contributed by atoms with van der Waals surface area (Å²) in [5, 5.41) is 11.5. The Morgan fingerprint density at radius 1 is 1.45 bits per heavy atom. The zero-order chi connectivity index (χ0) is 14.6. The fourth-order valence-corrected chi connectivity index (χ4v) is 3.01. The lowest BCUT2D eigenvalue weighted by molar-refractivity contribution is -0.0179. The van der Waals surface area contributed by atoms with Gasteiger partial charge in [0.25, 0.3) is 0 Å². The summed E-state index contributed by atoms with van der Waals surface area (Å²) in [5.74, 6) is 0. The van der Waals surface area contributed by atoms with Gasteiger partial charge >= 0.3 is 7.75 Å². The van der Waals surface area contributed by atoms with Crippen molar-refractivity contribution in [2.45, 2.75) is 31.2 Å². The molecule has 0 aromatic heterocycles. The highest BCUT2D eigenvalue weighted by Crippen LogP contribution is 2.41. The maximum Gasteiger partial charge on any atom is 0.403 e. The van der Waals surface area contributed by atoms with Gasteiger partial charge in [-0.15, -0.1) is 0 Å². The smallest absolute Gasteiger partial charge is 0.394 e. The molecule has 1 aliphatic heterocycles. The summed E-state index contributed by atoms with van der Waals surface area (Å²) in [6.45, 7) is -0.236. The number of aliphatic hydroxyl groups is 1. The predicted molar refractivity (Wildman–Crippen MR) is 74.3 cm³/mol. The average Bonchev–Trinajstić information content (AvgIpc) is 2.81. The van der Waals surface area contributed by atoms with E-state index in [0.717, 1.165) is 5.56 Å². The molecule has 1 aromatic rings. The first kappa shape index (κ1) is 15.6. The van der Waals surface area contributed by atoms with Gasteiger partial charge in [-0.3, -0.25) is 4.52 Å². The Balaban J connectivity index is 1.97. The lowest BCUT2D eigenvalue weighted by atomic mass is 10.0. The van der Waals surface area contributed by atoms with Crippen LogP contribution in [0.1, 0.15) is 12.0 Å². The van der Waals surface area contributed by atoms with Gasteiger partial charge in [-0.25, -0.2) is 9.65 Å². The summed E-state index contributed by atoms with van der Waals surface area (Å²) in [5.41, 5.74) is 1.12. The number of hydrogen-bond acceptors (Lipinski definition) is 4. The normalized spacial score (nSPS) is 29.2. The lowest BCUT2D eigenvalue weighted by Gasteiger charge is -2.19. The van der Waals surface area contributed by atoms with Gasteiger partial charge in [0.2, 0.25) is 0 Å². The molecule has 0 radical (unpaired) electrons. The second-order valence-corrected chi connectivity index (χ2v) is 6.49. The molecule has 6 nitrogen and oxygen atoms in total. The molecule has 1 aliphatic rings. The molecule has 1 fully saturated rings. The molecule has 7 heteroatoms. The fourth-order valence-electron chi connectivity index (χ4n) is 2.32. The molecule has 0 amide bonds. The molecule has 1 heterocycles. The van der Waals surface area contributed by atoms with Gasteiger partial charge in [0.15, 0.2) is 0 Å². The van der Waals surface area contributed by atoms with Gasteiger partial charge < -0.3 is 14.7 Å². The Morgan fingerprint density at radius 2 is 2.15 bits per heavy atom.